The van der Waals surface area contributed by atoms with Gasteiger partial charge in [-0.15, -0.1) is 22.1 Å². The summed E-state index contributed by atoms with van der Waals surface area (Å²) in [5.41, 5.74) is 14.9. The van der Waals surface area contributed by atoms with E-state index in [9.17, 15) is 0 Å². The number of fused-ring (bicyclic) bond motifs is 15. The van der Waals surface area contributed by atoms with Crippen LogP contribution in [0.5, 0.6) is 5.75 Å². The molecule has 0 N–H and O–H groups in total. The Morgan fingerprint density at radius 3 is 1.18 bits per heavy atom. The van der Waals surface area contributed by atoms with Gasteiger partial charge in [0, 0.05) is 16.3 Å². The Balaban J connectivity index is 0.00000516. The van der Waals surface area contributed by atoms with Gasteiger partial charge in [-0.1, -0.05) is 194 Å². The van der Waals surface area contributed by atoms with Crippen molar-refractivity contribution >= 4 is 98.1 Å². The molecule has 12 aromatic rings. The first-order valence-corrected chi connectivity index (χ1v) is 25.0. The summed E-state index contributed by atoms with van der Waals surface area (Å²) >= 11 is 0. The van der Waals surface area contributed by atoms with Crippen LogP contribution >= 0.6 is 8.24 Å². The quantitative estimate of drug-likeness (QED) is 0.153. The zero-order valence-electron chi connectivity index (χ0n) is 39.2. The van der Waals surface area contributed by atoms with Crippen molar-refractivity contribution in [3.05, 3.63) is 235 Å². The number of para-hydroxylation sites is 1. The molecular weight excluding hydrogens is 969 g/mol. The van der Waals surface area contributed by atoms with Crippen LogP contribution in [0.3, 0.4) is 0 Å². The molecule has 8 bridgehead atoms. The predicted octanol–water partition coefficient (Wildman–Crippen LogP) is 17.3. The van der Waals surface area contributed by atoms with Crippen LogP contribution in [0.1, 0.15) is 22.8 Å². The van der Waals surface area contributed by atoms with E-state index in [2.05, 4.69) is 188 Å². The summed E-state index contributed by atoms with van der Waals surface area (Å²) in [6, 6.07) is 72.5. The molecule has 4 aromatic heterocycles. The monoisotopic (exact) mass is 1010 g/mol. The minimum absolute atomic E-state index is 0. The van der Waals surface area contributed by atoms with Crippen molar-refractivity contribution in [3.63, 3.8) is 0 Å². The van der Waals surface area contributed by atoms with Gasteiger partial charge in [0.1, 0.15) is 16.9 Å². The second-order valence-electron chi connectivity index (χ2n) is 17.8. The fraction of sp³-hybridized carbons (Fsp3) is 0. The van der Waals surface area contributed by atoms with Crippen LogP contribution in [0.2, 0.25) is 0 Å². The van der Waals surface area contributed by atoms with Crippen LogP contribution in [0.4, 0.5) is 0 Å². The summed E-state index contributed by atoms with van der Waals surface area (Å²) in [5, 5.41) is 6.30. The van der Waals surface area contributed by atoms with E-state index in [-0.39, 0.29) is 19.5 Å². The smallest absolute Gasteiger partial charge is 0.657 e. The third kappa shape index (κ3) is 7.80. The maximum Gasteiger partial charge on any atom is 2.00 e. The zero-order valence-corrected chi connectivity index (χ0v) is 43.0. The van der Waals surface area contributed by atoms with Crippen molar-refractivity contribution in [1.29, 1.82) is 0 Å². The van der Waals surface area contributed by atoms with Crippen molar-refractivity contribution in [2.24, 2.45) is 0 Å². The molecule has 0 saturated heterocycles. The normalized spacial score (nSPS) is 11.9. The number of hydrogen-bond donors (Lipinski definition) is 0. The molecule has 0 spiro atoms. The fourth-order valence-electron chi connectivity index (χ4n) is 10.3. The van der Waals surface area contributed by atoms with Gasteiger partial charge in [0.25, 0.3) is 0 Å². The molecule has 2 aliphatic heterocycles. The van der Waals surface area contributed by atoms with E-state index < -0.39 is 8.24 Å². The van der Waals surface area contributed by atoms with Gasteiger partial charge < -0.3 is 22.9 Å². The summed E-state index contributed by atoms with van der Waals surface area (Å²) in [5.74, 6) is 0.557. The molecule has 6 heterocycles. The number of nitrogens with zero attached hydrogens (tertiary/aromatic N) is 4. The minimum atomic E-state index is -2.06. The largest absolute Gasteiger partial charge is 2.00 e. The molecule has 340 valence electrons. The van der Waals surface area contributed by atoms with Crippen molar-refractivity contribution in [2.45, 2.75) is 0 Å². The number of benzene rings is 8. The van der Waals surface area contributed by atoms with Gasteiger partial charge in [0.05, 0.1) is 22.8 Å². The maximum absolute atomic E-state index is 7.07. The summed E-state index contributed by atoms with van der Waals surface area (Å²) < 4.78 is 20.9. The molecule has 0 unspecified atom stereocenters. The predicted molar refractivity (Wildman–Crippen MR) is 296 cm³/mol. The Kier molecular flexibility index (Phi) is 11.1. The first-order chi connectivity index (χ1) is 35.7. The minimum Gasteiger partial charge on any atom is -0.657 e. The van der Waals surface area contributed by atoms with E-state index in [1.54, 1.807) is 0 Å². The van der Waals surface area contributed by atoms with E-state index in [1.165, 1.54) is 0 Å². The van der Waals surface area contributed by atoms with Gasteiger partial charge in [0.15, 0.2) is 0 Å². The fourth-order valence-corrected chi connectivity index (χ4v) is 11.3. The molecule has 8 aromatic carbocycles. The first-order valence-electron chi connectivity index (χ1n) is 23.9. The Morgan fingerprint density at radius 2 is 0.726 bits per heavy atom. The van der Waals surface area contributed by atoms with Crippen molar-refractivity contribution in [2.75, 3.05) is 0 Å². The Bertz CT molecular complexity index is 4290. The molecule has 0 radical (unpaired) electrons. The molecule has 0 amide bonds. The van der Waals surface area contributed by atoms with Crippen LogP contribution in [-0.2, 0) is 19.5 Å². The molecule has 0 saturated carbocycles. The molecule has 73 heavy (non-hydrogen) atoms. The van der Waals surface area contributed by atoms with Gasteiger partial charge >= 0.3 is 27.7 Å². The summed E-state index contributed by atoms with van der Waals surface area (Å²) in [7, 11) is -2.06. The first kappa shape index (κ1) is 44.2. The van der Waals surface area contributed by atoms with Crippen LogP contribution in [-0.4, -0.2) is 9.97 Å². The SMILES string of the molecule is C1=Cc2nc1c(-c1ccccc1)c1ccc([n-]1)c(-c1ccccc1)c1nc(c(-c3ccccc3Op3oc4ccc5ccccc5c4c4c(ccc5ccccc54)o3)c3ccc([n-]3)c2-c2ccccc2)C=C1.[Zn+2]. The van der Waals surface area contributed by atoms with Gasteiger partial charge in [-0.2, -0.15) is 0 Å². The average molecular weight is 1010 g/mol. The molecule has 14 rings (SSSR count). The van der Waals surface area contributed by atoms with E-state index in [4.69, 9.17) is 32.9 Å². The molecule has 0 aliphatic carbocycles. The summed E-state index contributed by atoms with van der Waals surface area (Å²) in [4.78, 5) is 21.9. The third-order valence-electron chi connectivity index (χ3n) is 13.5. The topological polar surface area (TPSA) is 89.5 Å². The molecule has 0 fully saturated rings. The summed E-state index contributed by atoms with van der Waals surface area (Å²) in [6.45, 7) is 0. The second-order valence-corrected chi connectivity index (χ2v) is 18.8. The zero-order chi connectivity index (χ0) is 47.5. The second kappa shape index (κ2) is 18.4. The Morgan fingerprint density at radius 1 is 0.356 bits per heavy atom. The van der Waals surface area contributed by atoms with Gasteiger partial charge in [0.2, 0.25) is 0 Å². The van der Waals surface area contributed by atoms with Crippen LogP contribution in [0.25, 0.3) is 134 Å². The van der Waals surface area contributed by atoms with Crippen molar-refractivity contribution in [3.8, 4) is 50.3 Å². The Hall–Kier alpha value is -8.80. The van der Waals surface area contributed by atoms with Crippen LogP contribution in [0, 0.1) is 0 Å². The molecule has 9 heteroatoms. The van der Waals surface area contributed by atoms with Gasteiger partial charge in [-0.05, 0) is 103 Å². The maximum atomic E-state index is 7.07. The van der Waals surface area contributed by atoms with Crippen LogP contribution < -0.4 is 14.5 Å². The molecular formula is C64H39N4O3PZn. The number of aromatic nitrogens is 4. The van der Waals surface area contributed by atoms with Crippen molar-refractivity contribution < 1.29 is 32.4 Å². The van der Waals surface area contributed by atoms with E-state index in [0.717, 1.165) is 110 Å². The third-order valence-corrected chi connectivity index (χ3v) is 14.5. The molecule has 2 aliphatic rings. The molecule has 7 nitrogen and oxygen atoms in total. The van der Waals surface area contributed by atoms with E-state index >= 15 is 0 Å². The van der Waals surface area contributed by atoms with Gasteiger partial charge in [-0.25, -0.2) is 9.97 Å². The average Bonchev–Trinajstić information content (AvgIpc) is 4.28. The summed E-state index contributed by atoms with van der Waals surface area (Å²) in [6.07, 6.45) is 8.33. The number of rotatable bonds is 6. The standard InChI is InChI=1S/C64H39N4O3P.Zn/c1-4-18-42(19-5-1)59-48-30-32-50(65-48)60(43-20-6-2-7-21-43)52-34-36-54(67-52)62(55-37-35-53(68-55)61(44-22-8-3-9-23-44)51-33-31-49(59)66-51)47-26-14-15-27-56(47)69-72-70-57-38-28-40-16-10-12-24-45(40)63(57)64-46-25-13-11-17-41(46)29-39-58(64)71-72;/h1-39H;/q-2;+2. The molecule has 0 atom stereocenters. The number of hydrogen-bond acceptors (Lipinski definition) is 5. The van der Waals surface area contributed by atoms with Crippen molar-refractivity contribution in [1.82, 2.24) is 19.9 Å². The van der Waals surface area contributed by atoms with Gasteiger partial charge in [-0.3, -0.25) is 0 Å². The van der Waals surface area contributed by atoms with E-state index in [1.807, 2.05) is 48.5 Å². The van der Waals surface area contributed by atoms with Crippen LogP contribution in [0.15, 0.2) is 221 Å². The Labute approximate surface area is 433 Å². The van der Waals surface area contributed by atoms with E-state index in [0.29, 0.717) is 28.1 Å².